The number of amides is 4. The summed E-state index contributed by atoms with van der Waals surface area (Å²) in [5.74, 6) is -1.27. The summed E-state index contributed by atoms with van der Waals surface area (Å²) in [6, 6.07) is 27.1. The Labute approximate surface area is 260 Å². The summed E-state index contributed by atoms with van der Waals surface area (Å²) in [6.07, 6.45) is -0.0938. The SMILES string of the molecule is Cc1ccc(N2C(=O)N(c3ccc(C)cc3)C(=O)C3(Cc4cc([N+](=O)[O-])ccc4N4CCN(c5ccccc5)C[C@@H]43)C2=O)cc1. The molecule has 0 bridgehead atoms. The fraction of sp³-hybridized carbons (Fsp3) is 0.229. The molecule has 10 heteroatoms. The van der Waals surface area contributed by atoms with Crippen LogP contribution in [-0.2, 0) is 16.0 Å². The number of nitrogens with zero attached hydrogens (tertiary/aromatic N) is 5. The van der Waals surface area contributed by atoms with Crippen LogP contribution in [0.5, 0.6) is 0 Å². The Morgan fingerprint density at radius 3 is 1.87 bits per heavy atom. The van der Waals surface area contributed by atoms with Crippen LogP contribution >= 0.6 is 0 Å². The third-order valence-corrected chi connectivity index (χ3v) is 9.26. The number of fused-ring (bicyclic) bond motifs is 4. The fourth-order valence-corrected chi connectivity index (χ4v) is 6.94. The Balaban J connectivity index is 1.46. The molecular formula is C35H31N5O5. The van der Waals surface area contributed by atoms with Crippen LogP contribution in [0.3, 0.4) is 0 Å². The van der Waals surface area contributed by atoms with Gasteiger partial charge in [-0.1, -0.05) is 53.6 Å². The van der Waals surface area contributed by atoms with Crippen LogP contribution in [-0.4, -0.2) is 48.4 Å². The van der Waals surface area contributed by atoms with Gasteiger partial charge in [0.25, 0.3) is 17.5 Å². The lowest BCUT2D eigenvalue weighted by Gasteiger charge is -2.56. The third kappa shape index (κ3) is 4.44. The number of hydrogen-bond acceptors (Lipinski definition) is 7. The highest BCUT2D eigenvalue weighted by Crippen LogP contribution is 2.49. The van der Waals surface area contributed by atoms with E-state index in [2.05, 4.69) is 4.90 Å². The summed E-state index contributed by atoms with van der Waals surface area (Å²) in [4.78, 5) is 62.1. The van der Waals surface area contributed by atoms with Crippen LogP contribution in [0.2, 0.25) is 0 Å². The highest BCUT2D eigenvalue weighted by molar-refractivity contribution is 6.39. The quantitative estimate of drug-likeness (QED) is 0.169. The molecule has 7 rings (SSSR count). The number of hydrogen-bond donors (Lipinski definition) is 0. The van der Waals surface area contributed by atoms with Crippen molar-refractivity contribution < 1.29 is 19.3 Å². The molecule has 4 aromatic rings. The maximum absolute atomic E-state index is 15.0. The number of imide groups is 2. The number of benzene rings is 4. The number of nitro groups is 1. The largest absolute Gasteiger partial charge is 0.368 e. The second-order valence-corrected chi connectivity index (χ2v) is 11.9. The molecular weight excluding hydrogens is 570 g/mol. The first-order valence-electron chi connectivity index (χ1n) is 14.9. The molecule has 0 radical (unpaired) electrons. The van der Waals surface area contributed by atoms with Gasteiger partial charge in [-0.05, 0) is 61.9 Å². The Hall–Kier alpha value is -5.51. The average Bonchev–Trinajstić information content (AvgIpc) is 3.05. The van der Waals surface area contributed by atoms with Gasteiger partial charge < -0.3 is 9.80 Å². The van der Waals surface area contributed by atoms with Crippen molar-refractivity contribution in [1.82, 2.24) is 0 Å². The van der Waals surface area contributed by atoms with Gasteiger partial charge in [0.1, 0.15) is 0 Å². The van der Waals surface area contributed by atoms with Crippen molar-refractivity contribution in [2.24, 2.45) is 5.41 Å². The predicted molar refractivity (Wildman–Crippen MR) is 172 cm³/mol. The summed E-state index contributed by atoms with van der Waals surface area (Å²) in [6.45, 7) is 5.23. The Morgan fingerprint density at radius 2 is 1.31 bits per heavy atom. The van der Waals surface area contributed by atoms with Gasteiger partial charge in [0.05, 0.1) is 22.3 Å². The molecule has 3 aliphatic rings. The van der Waals surface area contributed by atoms with E-state index < -0.39 is 34.2 Å². The number of piperazine rings is 1. The molecule has 0 N–H and O–H groups in total. The fourth-order valence-electron chi connectivity index (χ4n) is 6.94. The van der Waals surface area contributed by atoms with E-state index in [9.17, 15) is 14.9 Å². The van der Waals surface area contributed by atoms with Crippen molar-refractivity contribution in [3.05, 3.63) is 124 Å². The molecule has 3 aliphatic heterocycles. The predicted octanol–water partition coefficient (Wildman–Crippen LogP) is 5.65. The zero-order valence-electron chi connectivity index (χ0n) is 24.9. The number of barbiturate groups is 1. The minimum absolute atomic E-state index is 0.0938. The van der Waals surface area contributed by atoms with Crippen LogP contribution in [0.15, 0.2) is 97.1 Å². The lowest BCUT2D eigenvalue weighted by atomic mass is 9.67. The second kappa shape index (κ2) is 10.6. The van der Waals surface area contributed by atoms with Gasteiger partial charge in [0, 0.05) is 49.6 Å². The van der Waals surface area contributed by atoms with E-state index >= 15 is 9.59 Å². The van der Waals surface area contributed by atoms with Crippen LogP contribution in [0, 0.1) is 29.4 Å². The molecule has 2 fully saturated rings. The summed E-state index contributed by atoms with van der Waals surface area (Å²) < 4.78 is 0. The number of para-hydroxylation sites is 1. The zero-order valence-corrected chi connectivity index (χ0v) is 24.9. The molecule has 0 saturated carbocycles. The smallest absolute Gasteiger partial charge is 0.342 e. The van der Waals surface area contributed by atoms with Crippen molar-refractivity contribution >= 4 is 46.3 Å². The van der Waals surface area contributed by atoms with E-state index in [1.54, 1.807) is 30.3 Å². The maximum atomic E-state index is 15.0. The molecule has 1 spiro atoms. The number of rotatable bonds is 4. The average molecular weight is 602 g/mol. The Kier molecular flexibility index (Phi) is 6.65. The number of nitro benzene ring substituents is 1. The first-order chi connectivity index (χ1) is 21.7. The van der Waals surface area contributed by atoms with E-state index in [1.807, 2.05) is 73.3 Å². The normalized spacial score (nSPS) is 19.1. The zero-order chi connectivity index (χ0) is 31.5. The van der Waals surface area contributed by atoms with Crippen molar-refractivity contribution in [2.45, 2.75) is 26.3 Å². The van der Waals surface area contributed by atoms with E-state index in [4.69, 9.17) is 0 Å². The number of carbonyl (C=O) groups is 3. The van der Waals surface area contributed by atoms with Crippen molar-refractivity contribution in [2.75, 3.05) is 39.2 Å². The van der Waals surface area contributed by atoms with Gasteiger partial charge in [-0.2, -0.15) is 0 Å². The number of non-ortho nitro benzene ring substituents is 1. The molecule has 0 aliphatic carbocycles. The number of aryl methyl sites for hydroxylation is 2. The lowest BCUT2D eigenvalue weighted by molar-refractivity contribution is -0.384. The third-order valence-electron chi connectivity index (χ3n) is 9.26. The molecule has 3 heterocycles. The number of anilines is 4. The van der Waals surface area contributed by atoms with E-state index in [1.165, 1.54) is 12.1 Å². The molecule has 10 nitrogen and oxygen atoms in total. The number of urea groups is 1. The molecule has 1 atom stereocenters. The van der Waals surface area contributed by atoms with Crippen LogP contribution in [0.1, 0.15) is 16.7 Å². The summed E-state index contributed by atoms with van der Waals surface area (Å²) in [7, 11) is 0. The van der Waals surface area contributed by atoms with Crippen LogP contribution in [0.25, 0.3) is 0 Å². The van der Waals surface area contributed by atoms with Crippen LogP contribution < -0.4 is 19.6 Å². The molecule has 4 amide bonds. The summed E-state index contributed by atoms with van der Waals surface area (Å²) >= 11 is 0. The highest BCUT2D eigenvalue weighted by Gasteiger charge is 2.65. The van der Waals surface area contributed by atoms with Gasteiger partial charge in [-0.3, -0.25) is 19.7 Å². The Morgan fingerprint density at radius 1 is 0.733 bits per heavy atom. The minimum Gasteiger partial charge on any atom is -0.368 e. The molecule has 4 aromatic carbocycles. The van der Waals surface area contributed by atoms with E-state index in [-0.39, 0.29) is 12.1 Å². The highest BCUT2D eigenvalue weighted by atomic mass is 16.6. The van der Waals surface area contributed by atoms with E-state index in [0.717, 1.165) is 32.3 Å². The van der Waals surface area contributed by atoms with Gasteiger partial charge in [0.2, 0.25) is 0 Å². The van der Waals surface area contributed by atoms with E-state index in [0.29, 0.717) is 36.6 Å². The topological polar surface area (TPSA) is 107 Å². The van der Waals surface area contributed by atoms with Crippen LogP contribution in [0.4, 0.5) is 33.2 Å². The van der Waals surface area contributed by atoms with Crippen molar-refractivity contribution in [3.63, 3.8) is 0 Å². The van der Waals surface area contributed by atoms with Crippen molar-refractivity contribution in [1.29, 1.82) is 0 Å². The van der Waals surface area contributed by atoms with Crippen molar-refractivity contribution in [3.8, 4) is 0 Å². The molecule has 226 valence electrons. The maximum Gasteiger partial charge on any atom is 0.342 e. The molecule has 0 unspecified atom stereocenters. The first-order valence-corrected chi connectivity index (χ1v) is 14.9. The molecule has 0 aromatic heterocycles. The first kappa shape index (κ1) is 28.3. The summed E-state index contributed by atoms with van der Waals surface area (Å²) in [5.41, 5.74) is 2.96. The molecule has 45 heavy (non-hydrogen) atoms. The van der Waals surface area contributed by atoms with Gasteiger partial charge in [0.15, 0.2) is 5.41 Å². The van der Waals surface area contributed by atoms with Gasteiger partial charge >= 0.3 is 6.03 Å². The van der Waals surface area contributed by atoms with Gasteiger partial charge in [-0.15, -0.1) is 0 Å². The monoisotopic (exact) mass is 601 g/mol. The number of carbonyl (C=O) groups excluding carboxylic acids is 3. The summed E-state index contributed by atoms with van der Waals surface area (Å²) in [5, 5.41) is 11.8. The molecule has 2 saturated heterocycles. The van der Waals surface area contributed by atoms with Gasteiger partial charge in [-0.25, -0.2) is 14.6 Å². The second-order valence-electron chi connectivity index (χ2n) is 11.9. The standard InChI is InChI=1S/C35H31N5O5/c1-23-8-12-27(13-9-23)38-32(41)35(33(42)39(34(38)43)28-14-10-24(2)11-15-28)21-25-20-29(40(44)45)16-17-30(25)37-19-18-36(22-31(35)37)26-6-4-3-5-7-26/h3-17,20,31H,18-19,21-22H2,1-2H3/t31-/m1/s1. The Bertz CT molecular complexity index is 1770. The minimum atomic E-state index is -1.76. The lowest BCUT2D eigenvalue weighted by Crippen LogP contribution is -2.76.